The summed E-state index contributed by atoms with van der Waals surface area (Å²) in [6, 6.07) is 6.12. The number of phenolic OH excluding ortho intramolecular Hbond substituents is 1. The monoisotopic (exact) mass is 234 g/mol. The van der Waals surface area contributed by atoms with Crippen LogP contribution in [0.15, 0.2) is 35.8 Å². The van der Waals surface area contributed by atoms with Gasteiger partial charge in [0.25, 0.3) is 5.91 Å². The fraction of sp³-hybridized carbons (Fsp3) is 0.0909. The van der Waals surface area contributed by atoms with Crippen LogP contribution in [0.25, 0.3) is 0 Å². The van der Waals surface area contributed by atoms with Crippen LogP contribution in [0.2, 0.25) is 0 Å². The topological polar surface area (TPSA) is 62.2 Å². The Morgan fingerprint density at radius 1 is 1.38 bits per heavy atom. The maximum absolute atomic E-state index is 11.6. The van der Waals surface area contributed by atoms with Gasteiger partial charge in [-0.1, -0.05) is 0 Å². The minimum atomic E-state index is -0.171. The van der Waals surface area contributed by atoms with E-state index in [1.54, 1.807) is 18.3 Å². The Morgan fingerprint density at radius 3 is 2.75 bits per heavy atom. The summed E-state index contributed by atoms with van der Waals surface area (Å²) in [7, 11) is 0. The van der Waals surface area contributed by atoms with Crippen LogP contribution in [0.3, 0.4) is 0 Å². The number of amides is 1. The molecule has 16 heavy (non-hydrogen) atoms. The number of hydrogen-bond donors (Lipinski definition) is 2. The van der Waals surface area contributed by atoms with Gasteiger partial charge < -0.3 is 10.4 Å². The van der Waals surface area contributed by atoms with Gasteiger partial charge in [-0.05, 0) is 24.3 Å². The van der Waals surface area contributed by atoms with E-state index in [1.165, 1.54) is 23.5 Å². The standard InChI is InChI=1S/C11H10N2O2S/c14-9-3-1-8(2-4-9)11(15)13-7-10-12-5-6-16-10/h1-6,14H,7H2,(H,13,15). The van der Waals surface area contributed by atoms with E-state index in [-0.39, 0.29) is 11.7 Å². The zero-order valence-electron chi connectivity index (χ0n) is 8.38. The Balaban J connectivity index is 1.95. The van der Waals surface area contributed by atoms with E-state index in [0.29, 0.717) is 12.1 Å². The van der Waals surface area contributed by atoms with Crippen molar-refractivity contribution < 1.29 is 9.90 Å². The number of thiazole rings is 1. The van der Waals surface area contributed by atoms with Crippen molar-refractivity contribution in [3.8, 4) is 5.75 Å². The fourth-order valence-electron chi connectivity index (χ4n) is 1.21. The first kappa shape index (κ1) is 10.6. The number of hydrogen-bond acceptors (Lipinski definition) is 4. The molecule has 0 unspecified atom stereocenters. The van der Waals surface area contributed by atoms with Gasteiger partial charge in [0.05, 0.1) is 6.54 Å². The summed E-state index contributed by atoms with van der Waals surface area (Å²) in [5, 5.41) is 14.6. The van der Waals surface area contributed by atoms with E-state index < -0.39 is 0 Å². The number of rotatable bonds is 3. The molecule has 2 N–H and O–H groups in total. The van der Waals surface area contributed by atoms with Gasteiger partial charge in [-0.3, -0.25) is 4.79 Å². The lowest BCUT2D eigenvalue weighted by Crippen LogP contribution is -2.22. The third-order valence-electron chi connectivity index (χ3n) is 2.01. The number of benzene rings is 1. The van der Waals surface area contributed by atoms with Crippen LogP contribution in [-0.2, 0) is 6.54 Å². The summed E-state index contributed by atoms with van der Waals surface area (Å²) in [5.41, 5.74) is 0.523. The number of nitrogens with zero attached hydrogens (tertiary/aromatic N) is 1. The maximum atomic E-state index is 11.6. The van der Waals surface area contributed by atoms with Gasteiger partial charge in [0.2, 0.25) is 0 Å². The SMILES string of the molecule is O=C(NCc1nccs1)c1ccc(O)cc1. The summed E-state index contributed by atoms with van der Waals surface area (Å²) >= 11 is 1.50. The highest BCUT2D eigenvalue weighted by Crippen LogP contribution is 2.10. The van der Waals surface area contributed by atoms with Crippen LogP contribution in [-0.4, -0.2) is 16.0 Å². The van der Waals surface area contributed by atoms with Gasteiger partial charge in [-0.25, -0.2) is 4.98 Å². The Hall–Kier alpha value is -1.88. The Morgan fingerprint density at radius 2 is 2.12 bits per heavy atom. The summed E-state index contributed by atoms with van der Waals surface area (Å²) in [4.78, 5) is 15.7. The molecule has 1 aromatic carbocycles. The molecular formula is C11H10N2O2S. The lowest BCUT2D eigenvalue weighted by atomic mass is 10.2. The van der Waals surface area contributed by atoms with Crippen molar-refractivity contribution in [3.05, 3.63) is 46.4 Å². The highest BCUT2D eigenvalue weighted by molar-refractivity contribution is 7.09. The highest BCUT2D eigenvalue weighted by Gasteiger charge is 2.05. The molecule has 0 aliphatic heterocycles. The van der Waals surface area contributed by atoms with Gasteiger partial charge in [0, 0.05) is 17.1 Å². The van der Waals surface area contributed by atoms with E-state index in [1.807, 2.05) is 5.38 Å². The lowest BCUT2D eigenvalue weighted by molar-refractivity contribution is 0.0951. The predicted octanol–water partition coefficient (Wildman–Crippen LogP) is 1.78. The molecule has 1 amide bonds. The average Bonchev–Trinajstić information content (AvgIpc) is 2.80. The molecular weight excluding hydrogens is 224 g/mol. The Kier molecular flexibility index (Phi) is 3.16. The fourth-order valence-corrected chi connectivity index (χ4v) is 1.77. The van der Waals surface area contributed by atoms with Crippen molar-refractivity contribution >= 4 is 17.2 Å². The highest BCUT2D eigenvalue weighted by atomic mass is 32.1. The van der Waals surface area contributed by atoms with E-state index in [0.717, 1.165) is 5.01 Å². The van der Waals surface area contributed by atoms with Crippen molar-refractivity contribution in [1.29, 1.82) is 0 Å². The number of carbonyl (C=O) groups excluding carboxylic acids is 1. The number of phenols is 1. The minimum absolute atomic E-state index is 0.150. The Labute approximate surface area is 96.6 Å². The minimum Gasteiger partial charge on any atom is -0.508 e. The van der Waals surface area contributed by atoms with Gasteiger partial charge in [-0.2, -0.15) is 0 Å². The third kappa shape index (κ3) is 2.58. The molecule has 1 aromatic heterocycles. The molecule has 2 aromatic rings. The lowest BCUT2D eigenvalue weighted by Gasteiger charge is -2.02. The molecule has 0 spiro atoms. The van der Waals surface area contributed by atoms with Crippen molar-refractivity contribution in [1.82, 2.24) is 10.3 Å². The second-order valence-electron chi connectivity index (χ2n) is 3.16. The van der Waals surface area contributed by atoms with Crippen molar-refractivity contribution in [2.75, 3.05) is 0 Å². The van der Waals surface area contributed by atoms with Gasteiger partial charge >= 0.3 is 0 Å². The zero-order valence-corrected chi connectivity index (χ0v) is 9.20. The molecule has 0 aliphatic carbocycles. The molecule has 0 aliphatic rings. The van der Waals surface area contributed by atoms with E-state index >= 15 is 0 Å². The molecule has 4 nitrogen and oxygen atoms in total. The van der Waals surface area contributed by atoms with E-state index in [2.05, 4.69) is 10.3 Å². The van der Waals surface area contributed by atoms with Crippen molar-refractivity contribution in [3.63, 3.8) is 0 Å². The molecule has 0 fully saturated rings. The van der Waals surface area contributed by atoms with E-state index in [9.17, 15) is 4.79 Å². The zero-order chi connectivity index (χ0) is 11.4. The van der Waals surface area contributed by atoms with Crippen LogP contribution >= 0.6 is 11.3 Å². The van der Waals surface area contributed by atoms with Crippen LogP contribution < -0.4 is 5.32 Å². The number of carbonyl (C=O) groups is 1. The van der Waals surface area contributed by atoms with E-state index in [4.69, 9.17) is 5.11 Å². The first-order valence-electron chi connectivity index (χ1n) is 4.71. The quantitative estimate of drug-likeness (QED) is 0.851. The number of nitrogens with one attached hydrogen (secondary N) is 1. The van der Waals surface area contributed by atoms with Gasteiger partial charge in [0.15, 0.2) is 0 Å². The molecule has 82 valence electrons. The van der Waals surface area contributed by atoms with Crippen LogP contribution in [0, 0.1) is 0 Å². The number of aromatic nitrogens is 1. The third-order valence-corrected chi connectivity index (χ3v) is 2.79. The van der Waals surface area contributed by atoms with Gasteiger partial charge in [-0.15, -0.1) is 11.3 Å². The molecule has 1 heterocycles. The summed E-state index contributed by atoms with van der Waals surface area (Å²) < 4.78 is 0. The molecule has 0 saturated heterocycles. The maximum Gasteiger partial charge on any atom is 0.251 e. The predicted molar refractivity (Wildman–Crippen MR) is 61.4 cm³/mol. The molecule has 0 radical (unpaired) electrons. The van der Waals surface area contributed by atoms with Crippen molar-refractivity contribution in [2.45, 2.75) is 6.54 Å². The molecule has 0 atom stereocenters. The van der Waals surface area contributed by atoms with Gasteiger partial charge in [0.1, 0.15) is 10.8 Å². The van der Waals surface area contributed by atoms with Crippen molar-refractivity contribution in [2.24, 2.45) is 0 Å². The molecule has 2 rings (SSSR count). The second kappa shape index (κ2) is 4.76. The molecule has 5 heteroatoms. The Bertz CT molecular complexity index is 465. The smallest absolute Gasteiger partial charge is 0.251 e. The summed E-state index contributed by atoms with van der Waals surface area (Å²) in [6.45, 7) is 0.428. The summed E-state index contributed by atoms with van der Waals surface area (Å²) in [5.74, 6) is -0.0216. The van der Waals surface area contributed by atoms with Crippen LogP contribution in [0.5, 0.6) is 5.75 Å². The van der Waals surface area contributed by atoms with Crippen LogP contribution in [0.1, 0.15) is 15.4 Å². The first-order valence-corrected chi connectivity index (χ1v) is 5.59. The molecule has 0 saturated carbocycles. The average molecular weight is 234 g/mol. The normalized spacial score (nSPS) is 10.0. The summed E-state index contributed by atoms with van der Waals surface area (Å²) in [6.07, 6.45) is 1.70. The molecule has 0 bridgehead atoms. The number of aromatic hydroxyl groups is 1. The first-order chi connectivity index (χ1) is 7.75. The second-order valence-corrected chi connectivity index (χ2v) is 4.13. The largest absolute Gasteiger partial charge is 0.508 e. The van der Waals surface area contributed by atoms with Crippen LogP contribution in [0.4, 0.5) is 0 Å².